The molecule has 0 aromatic carbocycles. The van der Waals surface area contributed by atoms with Crippen molar-refractivity contribution in [3.63, 3.8) is 0 Å². The second-order valence-electron chi connectivity index (χ2n) is 3.78. The van der Waals surface area contributed by atoms with Crippen LogP contribution in [-0.4, -0.2) is 54.3 Å². The van der Waals surface area contributed by atoms with E-state index in [1.165, 1.54) is 6.33 Å². The van der Waals surface area contributed by atoms with Gasteiger partial charge >= 0.3 is 0 Å². The number of aromatic amines is 1. The molecule has 2 rings (SSSR count). The van der Waals surface area contributed by atoms with E-state index in [0.29, 0.717) is 12.4 Å². The van der Waals surface area contributed by atoms with Crippen LogP contribution < -0.4 is 10.9 Å². The summed E-state index contributed by atoms with van der Waals surface area (Å²) in [4.78, 5) is 19.9. The maximum atomic E-state index is 11.2. The van der Waals surface area contributed by atoms with Crippen molar-refractivity contribution in [3.05, 3.63) is 21.7 Å². The first-order valence-electron chi connectivity index (χ1n) is 5.54. The molecule has 1 saturated heterocycles. The maximum Gasteiger partial charge on any atom is 0.271 e. The Bertz CT molecular complexity index is 417. The zero-order valence-corrected chi connectivity index (χ0v) is 10.2. The number of anilines is 1. The van der Waals surface area contributed by atoms with Crippen molar-refractivity contribution in [2.24, 2.45) is 0 Å². The Balaban J connectivity index is 1.81. The Hall–Kier alpha value is -1.11. The minimum Gasteiger partial charge on any atom is -0.379 e. The lowest BCUT2D eigenvalue weighted by Gasteiger charge is -2.26. The van der Waals surface area contributed by atoms with E-state index in [0.717, 1.165) is 32.8 Å². The predicted octanol–water partition coefficient (Wildman–Crippen LogP) is 0.167. The van der Waals surface area contributed by atoms with Gasteiger partial charge in [-0.05, 0) is 0 Å². The van der Waals surface area contributed by atoms with Crippen molar-refractivity contribution in [2.75, 3.05) is 44.7 Å². The fraction of sp³-hybridized carbons (Fsp3) is 0.600. The Morgan fingerprint density at radius 1 is 1.53 bits per heavy atom. The van der Waals surface area contributed by atoms with Crippen molar-refractivity contribution < 1.29 is 4.74 Å². The number of aromatic nitrogens is 2. The van der Waals surface area contributed by atoms with E-state index >= 15 is 0 Å². The van der Waals surface area contributed by atoms with Crippen LogP contribution in [0.25, 0.3) is 0 Å². The lowest BCUT2D eigenvalue weighted by atomic mass is 10.4. The molecule has 94 valence electrons. The van der Waals surface area contributed by atoms with Gasteiger partial charge in [0.25, 0.3) is 5.56 Å². The molecule has 0 spiro atoms. The quantitative estimate of drug-likeness (QED) is 0.806. The molecule has 0 amide bonds. The molecule has 1 aliphatic rings. The molecule has 1 aromatic heterocycles. The highest BCUT2D eigenvalue weighted by molar-refractivity contribution is 6.32. The summed E-state index contributed by atoms with van der Waals surface area (Å²) in [7, 11) is 0. The van der Waals surface area contributed by atoms with Crippen molar-refractivity contribution >= 4 is 17.4 Å². The summed E-state index contributed by atoms with van der Waals surface area (Å²) in [5, 5.41) is 3.16. The van der Waals surface area contributed by atoms with Gasteiger partial charge in [0.2, 0.25) is 0 Å². The van der Waals surface area contributed by atoms with Crippen LogP contribution in [0, 0.1) is 0 Å². The van der Waals surface area contributed by atoms with Gasteiger partial charge in [-0.3, -0.25) is 9.69 Å². The molecule has 1 aliphatic heterocycles. The van der Waals surface area contributed by atoms with Gasteiger partial charge in [-0.2, -0.15) is 0 Å². The third-order valence-electron chi connectivity index (χ3n) is 2.62. The third kappa shape index (κ3) is 3.42. The molecule has 7 heteroatoms. The number of morpholine rings is 1. The van der Waals surface area contributed by atoms with E-state index in [-0.39, 0.29) is 10.6 Å². The lowest BCUT2D eigenvalue weighted by molar-refractivity contribution is 0.0398. The maximum absolute atomic E-state index is 11.2. The number of hydrogen-bond acceptors (Lipinski definition) is 5. The fourth-order valence-electron chi connectivity index (χ4n) is 1.66. The molecule has 1 aromatic rings. The van der Waals surface area contributed by atoms with Gasteiger partial charge < -0.3 is 15.0 Å². The highest BCUT2D eigenvalue weighted by atomic mass is 35.5. The smallest absolute Gasteiger partial charge is 0.271 e. The Morgan fingerprint density at radius 3 is 3.06 bits per heavy atom. The second kappa shape index (κ2) is 6.00. The Kier molecular flexibility index (Phi) is 4.36. The summed E-state index contributed by atoms with van der Waals surface area (Å²) >= 11 is 5.81. The van der Waals surface area contributed by atoms with Crippen LogP contribution in [-0.2, 0) is 4.74 Å². The number of halogens is 1. The molecule has 0 saturated carbocycles. The highest BCUT2D eigenvalue weighted by Crippen LogP contribution is 2.11. The first-order valence-corrected chi connectivity index (χ1v) is 5.92. The summed E-state index contributed by atoms with van der Waals surface area (Å²) in [5.74, 6) is 0.434. The zero-order chi connectivity index (χ0) is 12.1. The average molecular weight is 259 g/mol. The standard InChI is InChI=1S/C10H15ClN4O2/c11-8-9(13-7-14-10(8)16)12-1-2-15-3-5-17-6-4-15/h7H,1-6H2,(H2,12,13,14,16). The number of nitrogens with one attached hydrogen (secondary N) is 2. The van der Waals surface area contributed by atoms with Crippen LogP contribution in [0.4, 0.5) is 5.82 Å². The van der Waals surface area contributed by atoms with Crippen LogP contribution >= 0.6 is 11.6 Å². The Morgan fingerprint density at radius 2 is 2.29 bits per heavy atom. The van der Waals surface area contributed by atoms with Gasteiger partial charge in [-0.1, -0.05) is 11.6 Å². The van der Waals surface area contributed by atoms with Crippen LogP contribution in [0.5, 0.6) is 0 Å². The van der Waals surface area contributed by atoms with Crippen molar-refractivity contribution in [3.8, 4) is 0 Å². The van der Waals surface area contributed by atoms with Crippen LogP contribution in [0.15, 0.2) is 11.1 Å². The normalized spacial score (nSPS) is 17.0. The summed E-state index contributed by atoms with van der Waals surface area (Å²) in [6.07, 6.45) is 1.34. The average Bonchev–Trinajstić information content (AvgIpc) is 2.36. The lowest BCUT2D eigenvalue weighted by Crippen LogP contribution is -2.39. The molecule has 2 N–H and O–H groups in total. The third-order valence-corrected chi connectivity index (χ3v) is 2.97. The van der Waals surface area contributed by atoms with Crippen LogP contribution in [0.3, 0.4) is 0 Å². The molecule has 2 heterocycles. The fourth-order valence-corrected chi connectivity index (χ4v) is 1.83. The van der Waals surface area contributed by atoms with Gasteiger partial charge in [0, 0.05) is 26.2 Å². The number of ether oxygens (including phenoxy) is 1. The molecule has 0 atom stereocenters. The predicted molar refractivity (Wildman–Crippen MR) is 65.6 cm³/mol. The van der Waals surface area contributed by atoms with Gasteiger partial charge in [0.15, 0.2) is 5.82 Å². The number of H-pyrrole nitrogens is 1. The first-order chi connectivity index (χ1) is 8.27. The number of hydrogen-bond donors (Lipinski definition) is 2. The van der Waals surface area contributed by atoms with E-state index in [1.54, 1.807) is 0 Å². The first kappa shape index (κ1) is 12.3. The monoisotopic (exact) mass is 258 g/mol. The van der Waals surface area contributed by atoms with Gasteiger partial charge in [0.1, 0.15) is 5.02 Å². The Labute approximate surface area is 104 Å². The van der Waals surface area contributed by atoms with E-state index < -0.39 is 0 Å². The second-order valence-corrected chi connectivity index (χ2v) is 4.15. The molecular formula is C10H15ClN4O2. The minimum absolute atomic E-state index is 0.106. The SMILES string of the molecule is O=c1[nH]cnc(NCCN2CCOCC2)c1Cl. The van der Waals surface area contributed by atoms with E-state index in [4.69, 9.17) is 16.3 Å². The molecule has 0 bridgehead atoms. The summed E-state index contributed by atoms with van der Waals surface area (Å²) in [6.45, 7) is 5.04. The summed E-state index contributed by atoms with van der Waals surface area (Å²) < 4.78 is 5.26. The van der Waals surface area contributed by atoms with Crippen LogP contribution in [0.1, 0.15) is 0 Å². The zero-order valence-electron chi connectivity index (χ0n) is 9.41. The molecule has 0 aliphatic carbocycles. The minimum atomic E-state index is -0.324. The largest absolute Gasteiger partial charge is 0.379 e. The summed E-state index contributed by atoms with van der Waals surface area (Å²) in [6, 6.07) is 0. The van der Waals surface area contributed by atoms with Crippen molar-refractivity contribution in [2.45, 2.75) is 0 Å². The molecule has 0 unspecified atom stereocenters. The number of nitrogens with zero attached hydrogens (tertiary/aromatic N) is 2. The summed E-state index contributed by atoms with van der Waals surface area (Å²) in [5.41, 5.74) is -0.324. The van der Waals surface area contributed by atoms with Crippen molar-refractivity contribution in [1.82, 2.24) is 14.9 Å². The highest BCUT2D eigenvalue weighted by Gasteiger charge is 2.10. The van der Waals surface area contributed by atoms with Gasteiger partial charge in [0.05, 0.1) is 19.5 Å². The van der Waals surface area contributed by atoms with E-state index in [1.807, 2.05) is 0 Å². The van der Waals surface area contributed by atoms with E-state index in [2.05, 4.69) is 20.2 Å². The van der Waals surface area contributed by atoms with E-state index in [9.17, 15) is 4.79 Å². The molecule has 17 heavy (non-hydrogen) atoms. The van der Waals surface area contributed by atoms with Gasteiger partial charge in [-0.25, -0.2) is 4.98 Å². The van der Waals surface area contributed by atoms with Crippen molar-refractivity contribution in [1.29, 1.82) is 0 Å². The molecular weight excluding hydrogens is 244 g/mol. The molecule has 0 radical (unpaired) electrons. The van der Waals surface area contributed by atoms with Crippen LogP contribution in [0.2, 0.25) is 5.02 Å². The molecule has 6 nitrogen and oxygen atoms in total. The topological polar surface area (TPSA) is 70.2 Å². The molecule has 1 fully saturated rings. The number of rotatable bonds is 4. The van der Waals surface area contributed by atoms with Gasteiger partial charge in [-0.15, -0.1) is 0 Å².